The van der Waals surface area contributed by atoms with Gasteiger partial charge in [-0.25, -0.2) is 0 Å². The maximum atomic E-state index is 12.8. The molecular weight excluding hydrogens is 376 g/mol. The Morgan fingerprint density at radius 2 is 1.71 bits per heavy atom. The number of ether oxygens (including phenoxy) is 1. The molecule has 0 aromatic heterocycles. The summed E-state index contributed by atoms with van der Waals surface area (Å²) < 4.78 is 5.66. The molecule has 0 radical (unpaired) electrons. The lowest BCUT2D eigenvalue weighted by atomic mass is 10.0. The molecule has 1 N–H and O–H groups in total. The van der Waals surface area contributed by atoms with E-state index >= 15 is 0 Å². The minimum absolute atomic E-state index is 0.160. The van der Waals surface area contributed by atoms with Crippen LogP contribution >= 0.6 is 11.6 Å². The van der Waals surface area contributed by atoms with Crippen molar-refractivity contribution < 1.29 is 14.3 Å². The van der Waals surface area contributed by atoms with E-state index in [1.807, 2.05) is 42.5 Å². The van der Waals surface area contributed by atoms with Crippen LogP contribution in [0.3, 0.4) is 0 Å². The van der Waals surface area contributed by atoms with E-state index in [1.165, 1.54) is 10.5 Å². The number of hydrogen-bond acceptors (Lipinski definition) is 3. The van der Waals surface area contributed by atoms with Crippen molar-refractivity contribution in [3.8, 4) is 5.75 Å². The monoisotopic (exact) mass is 402 g/mol. The largest absolute Gasteiger partial charge is 0.484 e. The molecule has 0 bridgehead atoms. The highest BCUT2D eigenvalue weighted by molar-refractivity contribution is 6.31. The number of carbonyl (C=O) groups is 2. The highest BCUT2D eigenvalue weighted by atomic mass is 35.5. The van der Waals surface area contributed by atoms with Crippen molar-refractivity contribution in [2.45, 2.75) is 39.3 Å². The van der Waals surface area contributed by atoms with Gasteiger partial charge in [-0.05, 0) is 42.2 Å². The van der Waals surface area contributed by atoms with Crippen molar-refractivity contribution in [1.82, 2.24) is 10.2 Å². The minimum atomic E-state index is -0.652. The molecule has 0 fully saturated rings. The van der Waals surface area contributed by atoms with E-state index in [2.05, 4.69) is 19.2 Å². The molecule has 0 heterocycles. The Morgan fingerprint density at radius 1 is 1.07 bits per heavy atom. The van der Waals surface area contributed by atoms with E-state index < -0.39 is 6.04 Å². The second kappa shape index (κ2) is 10.1. The first-order valence-electron chi connectivity index (χ1n) is 9.30. The normalized spacial score (nSPS) is 11.8. The zero-order chi connectivity index (χ0) is 20.7. The predicted molar refractivity (Wildman–Crippen MR) is 112 cm³/mol. The molecule has 0 aliphatic rings. The number of nitrogens with zero attached hydrogens (tertiary/aromatic N) is 1. The Kier molecular flexibility index (Phi) is 7.88. The summed E-state index contributed by atoms with van der Waals surface area (Å²) in [5.41, 5.74) is 1.97. The first kappa shape index (κ1) is 21.8. The van der Waals surface area contributed by atoms with Crippen LogP contribution in [0, 0.1) is 0 Å². The fourth-order valence-electron chi connectivity index (χ4n) is 2.78. The first-order chi connectivity index (χ1) is 13.3. The van der Waals surface area contributed by atoms with Crippen LogP contribution in [-0.2, 0) is 16.1 Å². The first-order valence-corrected chi connectivity index (χ1v) is 9.68. The zero-order valence-electron chi connectivity index (χ0n) is 16.7. The molecule has 0 aliphatic carbocycles. The molecule has 0 unspecified atom stereocenters. The average molecular weight is 403 g/mol. The van der Waals surface area contributed by atoms with Gasteiger partial charge >= 0.3 is 0 Å². The van der Waals surface area contributed by atoms with Crippen molar-refractivity contribution in [2.75, 3.05) is 13.7 Å². The van der Waals surface area contributed by atoms with Crippen molar-refractivity contribution in [2.24, 2.45) is 0 Å². The fraction of sp³-hybridized carbons (Fsp3) is 0.364. The molecule has 0 saturated carbocycles. The molecule has 2 amide bonds. The molecule has 2 rings (SSSR count). The van der Waals surface area contributed by atoms with Crippen LogP contribution in [0.25, 0.3) is 0 Å². The molecule has 0 spiro atoms. The molecular formula is C22H27ClN2O3. The van der Waals surface area contributed by atoms with Gasteiger partial charge in [-0.15, -0.1) is 0 Å². The van der Waals surface area contributed by atoms with Crippen LogP contribution < -0.4 is 10.1 Å². The maximum absolute atomic E-state index is 12.8. The second-order valence-corrected chi connectivity index (χ2v) is 7.32. The lowest BCUT2D eigenvalue weighted by Crippen LogP contribution is -2.48. The number of rotatable bonds is 8. The molecule has 0 aliphatic heterocycles. The van der Waals surface area contributed by atoms with Crippen LogP contribution in [0.1, 0.15) is 37.8 Å². The molecule has 1 atom stereocenters. The van der Waals surface area contributed by atoms with E-state index in [0.717, 1.165) is 5.56 Å². The average Bonchev–Trinajstić information content (AvgIpc) is 2.70. The Morgan fingerprint density at radius 3 is 2.29 bits per heavy atom. The Bertz CT molecular complexity index is 806. The van der Waals surface area contributed by atoms with Gasteiger partial charge < -0.3 is 15.0 Å². The summed E-state index contributed by atoms with van der Waals surface area (Å²) in [7, 11) is 1.55. The Balaban J connectivity index is 2.11. The maximum Gasteiger partial charge on any atom is 0.261 e. The third kappa shape index (κ3) is 5.73. The number of nitrogens with one attached hydrogen (secondary N) is 1. The van der Waals surface area contributed by atoms with E-state index in [0.29, 0.717) is 16.7 Å². The Hall–Kier alpha value is -2.53. The van der Waals surface area contributed by atoms with Crippen molar-refractivity contribution in [3.05, 3.63) is 64.7 Å². The van der Waals surface area contributed by atoms with Crippen molar-refractivity contribution in [1.29, 1.82) is 0 Å². The summed E-state index contributed by atoms with van der Waals surface area (Å²) >= 11 is 6.23. The molecule has 5 nitrogen and oxygen atoms in total. The van der Waals surface area contributed by atoms with Gasteiger partial charge in [0.1, 0.15) is 11.8 Å². The molecule has 2 aromatic carbocycles. The van der Waals surface area contributed by atoms with Crippen LogP contribution in [0.5, 0.6) is 5.75 Å². The molecule has 2 aromatic rings. The number of hydrogen-bond donors (Lipinski definition) is 1. The number of amides is 2. The van der Waals surface area contributed by atoms with Gasteiger partial charge in [0.2, 0.25) is 5.91 Å². The van der Waals surface area contributed by atoms with Gasteiger partial charge in [0, 0.05) is 18.6 Å². The third-order valence-electron chi connectivity index (χ3n) is 4.62. The smallest absolute Gasteiger partial charge is 0.261 e. The molecule has 6 heteroatoms. The van der Waals surface area contributed by atoms with Gasteiger partial charge in [-0.2, -0.15) is 0 Å². The van der Waals surface area contributed by atoms with Gasteiger partial charge in [-0.3, -0.25) is 9.59 Å². The van der Waals surface area contributed by atoms with Gasteiger partial charge in [-0.1, -0.05) is 55.8 Å². The van der Waals surface area contributed by atoms with Crippen LogP contribution in [-0.4, -0.2) is 36.4 Å². The quantitative estimate of drug-likeness (QED) is 0.725. The summed E-state index contributed by atoms with van der Waals surface area (Å²) in [5.74, 6) is 0.504. The lowest BCUT2D eigenvalue weighted by Gasteiger charge is -2.28. The minimum Gasteiger partial charge on any atom is -0.484 e. The summed E-state index contributed by atoms with van der Waals surface area (Å²) in [6.07, 6.45) is 0. The highest BCUT2D eigenvalue weighted by Crippen LogP contribution is 2.20. The van der Waals surface area contributed by atoms with Crippen molar-refractivity contribution in [3.63, 3.8) is 0 Å². The number of benzene rings is 2. The molecule has 0 saturated heterocycles. The lowest BCUT2D eigenvalue weighted by molar-refractivity contribution is -0.142. The van der Waals surface area contributed by atoms with Gasteiger partial charge in [0.05, 0.1) is 0 Å². The molecule has 28 heavy (non-hydrogen) atoms. The summed E-state index contributed by atoms with van der Waals surface area (Å²) in [6, 6.07) is 14.3. The SMILES string of the molecule is CNC(=O)[C@@H](C)N(Cc1ccccc1Cl)C(=O)COc1ccc(C(C)C)cc1. The topological polar surface area (TPSA) is 58.6 Å². The zero-order valence-corrected chi connectivity index (χ0v) is 17.5. The summed E-state index contributed by atoms with van der Waals surface area (Å²) in [5, 5.41) is 3.13. The van der Waals surface area contributed by atoms with Gasteiger partial charge in [0.25, 0.3) is 5.91 Å². The summed E-state index contributed by atoms with van der Waals surface area (Å²) in [6.45, 7) is 5.98. The number of halogens is 1. The van der Waals surface area contributed by atoms with E-state index in [4.69, 9.17) is 16.3 Å². The molecule has 150 valence electrons. The van der Waals surface area contributed by atoms with Crippen molar-refractivity contribution >= 4 is 23.4 Å². The van der Waals surface area contributed by atoms with E-state index in [-0.39, 0.29) is 25.0 Å². The number of carbonyl (C=O) groups excluding carboxylic acids is 2. The second-order valence-electron chi connectivity index (χ2n) is 6.92. The van der Waals surface area contributed by atoms with E-state index in [1.54, 1.807) is 20.0 Å². The fourth-order valence-corrected chi connectivity index (χ4v) is 2.97. The summed E-state index contributed by atoms with van der Waals surface area (Å²) in [4.78, 5) is 26.5. The van der Waals surface area contributed by atoms with Crippen LogP contribution in [0.2, 0.25) is 5.02 Å². The van der Waals surface area contributed by atoms with Gasteiger partial charge in [0.15, 0.2) is 6.61 Å². The predicted octanol–water partition coefficient (Wildman–Crippen LogP) is 4.01. The van der Waals surface area contributed by atoms with Crippen LogP contribution in [0.15, 0.2) is 48.5 Å². The standard InChI is InChI=1S/C22H27ClN2O3/c1-15(2)17-9-11-19(12-10-17)28-14-21(26)25(16(3)22(27)24-4)13-18-7-5-6-8-20(18)23/h5-12,15-16H,13-14H2,1-4H3,(H,24,27)/t16-/m1/s1. The van der Waals surface area contributed by atoms with Crippen LogP contribution in [0.4, 0.5) is 0 Å². The third-order valence-corrected chi connectivity index (χ3v) is 4.99. The highest BCUT2D eigenvalue weighted by Gasteiger charge is 2.26. The Labute approximate surface area is 171 Å². The van der Waals surface area contributed by atoms with E-state index in [9.17, 15) is 9.59 Å². The number of likely N-dealkylation sites (N-methyl/N-ethyl adjacent to an activating group) is 1.